The van der Waals surface area contributed by atoms with E-state index in [2.05, 4.69) is 31.4 Å². The molecule has 0 atom stereocenters. The van der Waals surface area contributed by atoms with Gasteiger partial charge in [0.25, 0.3) is 5.56 Å². The Morgan fingerprint density at radius 2 is 1.53 bits per heavy atom. The molecule has 1 N–H and O–H groups in total. The Morgan fingerprint density at radius 1 is 0.933 bits per heavy atom. The van der Waals surface area contributed by atoms with Crippen LogP contribution in [0, 0.1) is 0 Å². The van der Waals surface area contributed by atoms with Gasteiger partial charge in [0.2, 0.25) is 0 Å². The number of rotatable bonds is 4. The van der Waals surface area contributed by atoms with Gasteiger partial charge in [0.1, 0.15) is 11.2 Å². The van der Waals surface area contributed by atoms with Crippen molar-refractivity contribution in [3.05, 3.63) is 47.0 Å². The van der Waals surface area contributed by atoms with Crippen LogP contribution in [0.15, 0.2) is 41.5 Å². The van der Waals surface area contributed by atoms with Crippen molar-refractivity contribution in [2.45, 2.75) is 38.5 Å². The molecule has 3 aromatic rings. The van der Waals surface area contributed by atoms with Gasteiger partial charge in [-0.25, -0.2) is 4.98 Å². The largest absolute Gasteiger partial charge is 0.313 e. The second-order valence-electron chi connectivity index (χ2n) is 8.13. The van der Waals surface area contributed by atoms with Gasteiger partial charge in [-0.1, -0.05) is 55.0 Å². The Hall–Kier alpha value is -1.37. The Balaban J connectivity index is 1.79. The molecule has 2 saturated heterocycles. The van der Waals surface area contributed by atoms with Gasteiger partial charge in [-0.2, -0.15) is 0 Å². The van der Waals surface area contributed by atoms with Crippen LogP contribution < -0.4 is 10.2 Å². The molecule has 1 aromatic carbocycles. The monoisotopic (exact) mass is 458 g/mol. The van der Waals surface area contributed by atoms with Crippen LogP contribution in [0.2, 0.25) is 0 Å². The number of hydrogen-bond donors (Lipinski definition) is 1. The lowest BCUT2D eigenvalue weighted by molar-refractivity contribution is 0.313. The summed E-state index contributed by atoms with van der Waals surface area (Å²) in [5.41, 5.74) is 2.02. The predicted molar refractivity (Wildman–Crippen MR) is 130 cm³/mol. The van der Waals surface area contributed by atoms with E-state index in [9.17, 15) is 4.79 Å². The molecule has 0 saturated carbocycles. The number of fused-ring (bicyclic) bond motifs is 1. The van der Waals surface area contributed by atoms with Crippen molar-refractivity contribution < 1.29 is 0 Å². The Bertz CT molecular complexity index is 1110. The minimum Gasteiger partial charge on any atom is -0.313 e. The van der Waals surface area contributed by atoms with Gasteiger partial charge in [-0.3, -0.25) is 14.1 Å². The number of nitrogens with zero attached hydrogens (tertiary/aromatic N) is 3. The third kappa shape index (κ3) is 3.51. The molecular weight excluding hydrogens is 431 g/mol. The third-order valence-corrected chi connectivity index (χ3v) is 13.5. The summed E-state index contributed by atoms with van der Waals surface area (Å²) in [6.07, 6.45) is 6.71. The molecule has 8 heteroatoms. The number of aromatic nitrogens is 2. The fourth-order valence-electron chi connectivity index (χ4n) is 4.74. The number of piperidine rings is 2. The standard InChI is InChI=1S/C22H27N4OPS2/c27-20-19-18(17-10-4-1-5-11-17)22(30-21(19)24-16-23-20)28(29,25-12-6-2-7-13-25)26-14-8-3-9-15-26/h1,4-5,10-11,16H,2-3,6-9,12-15H2,(H,23,24,27). The van der Waals surface area contributed by atoms with Crippen LogP contribution in [-0.4, -0.2) is 45.5 Å². The lowest BCUT2D eigenvalue weighted by Gasteiger charge is -2.45. The summed E-state index contributed by atoms with van der Waals surface area (Å²) in [7, 11) is 0. The molecule has 0 radical (unpaired) electrons. The van der Waals surface area contributed by atoms with E-state index in [-0.39, 0.29) is 5.56 Å². The molecule has 158 valence electrons. The average Bonchev–Trinajstić information content (AvgIpc) is 3.22. The van der Waals surface area contributed by atoms with Gasteiger partial charge in [0.15, 0.2) is 0 Å². The maximum absolute atomic E-state index is 12.9. The topological polar surface area (TPSA) is 52.2 Å². The summed E-state index contributed by atoms with van der Waals surface area (Å²) in [6, 6.07) is 10.3. The molecule has 2 fully saturated rings. The highest BCUT2D eigenvalue weighted by Crippen LogP contribution is 2.58. The molecule has 0 amide bonds. The SMILES string of the molecule is O=c1[nH]cnc2sc(P(=S)(N3CCCCC3)N3CCCCC3)c(-c3ccccc3)c12. The first kappa shape index (κ1) is 20.5. The third-order valence-electron chi connectivity index (χ3n) is 6.23. The normalized spacial score (nSPS) is 19.3. The lowest BCUT2D eigenvalue weighted by Crippen LogP contribution is -2.41. The lowest BCUT2D eigenvalue weighted by atomic mass is 10.1. The zero-order valence-electron chi connectivity index (χ0n) is 17.0. The number of nitrogens with one attached hydrogen (secondary N) is 1. The second-order valence-corrected chi connectivity index (χ2v) is 13.6. The first-order valence-corrected chi connectivity index (χ1v) is 14.4. The highest BCUT2D eigenvalue weighted by Gasteiger charge is 2.39. The van der Waals surface area contributed by atoms with E-state index >= 15 is 0 Å². The Morgan fingerprint density at radius 3 is 2.13 bits per heavy atom. The predicted octanol–water partition coefficient (Wildman–Crippen LogP) is 4.56. The van der Waals surface area contributed by atoms with E-state index in [4.69, 9.17) is 11.8 Å². The van der Waals surface area contributed by atoms with Gasteiger partial charge < -0.3 is 4.98 Å². The molecule has 0 bridgehead atoms. The van der Waals surface area contributed by atoms with Crippen molar-refractivity contribution in [3.63, 3.8) is 0 Å². The van der Waals surface area contributed by atoms with Crippen LogP contribution in [0.3, 0.4) is 0 Å². The highest BCUT2D eigenvalue weighted by atomic mass is 32.4. The molecule has 30 heavy (non-hydrogen) atoms. The Labute approximate surface area is 186 Å². The van der Waals surface area contributed by atoms with E-state index < -0.39 is 6.34 Å². The molecule has 4 heterocycles. The van der Waals surface area contributed by atoms with Crippen molar-refractivity contribution in [1.82, 2.24) is 19.3 Å². The summed E-state index contributed by atoms with van der Waals surface area (Å²) in [5, 5.41) is 0.701. The molecule has 5 rings (SSSR count). The summed E-state index contributed by atoms with van der Waals surface area (Å²) >= 11 is 8.37. The molecule has 2 aliphatic heterocycles. The molecule has 0 aliphatic carbocycles. The van der Waals surface area contributed by atoms with E-state index in [1.165, 1.54) is 49.5 Å². The molecule has 0 spiro atoms. The average molecular weight is 459 g/mol. The molecule has 2 aliphatic rings. The van der Waals surface area contributed by atoms with Crippen molar-refractivity contribution in [1.29, 1.82) is 0 Å². The Kier molecular flexibility index (Phi) is 5.91. The van der Waals surface area contributed by atoms with Crippen LogP contribution in [-0.2, 0) is 11.8 Å². The van der Waals surface area contributed by atoms with Crippen LogP contribution in [0.25, 0.3) is 21.3 Å². The highest BCUT2D eigenvalue weighted by molar-refractivity contribution is 8.17. The number of H-pyrrole nitrogens is 1. The maximum Gasteiger partial charge on any atom is 0.260 e. The summed E-state index contributed by atoms with van der Waals surface area (Å²) in [4.78, 5) is 21.1. The summed E-state index contributed by atoms with van der Waals surface area (Å²) in [6.45, 7) is 4.22. The van der Waals surface area contributed by atoms with Crippen molar-refractivity contribution >= 4 is 44.3 Å². The van der Waals surface area contributed by atoms with Gasteiger partial charge in [-0.05, 0) is 31.2 Å². The van der Waals surface area contributed by atoms with Crippen molar-refractivity contribution in [2.24, 2.45) is 0 Å². The number of hydrogen-bond acceptors (Lipinski definition) is 4. The number of aromatic amines is 1. The summed E-state index contributed by atoms with van der Waals surface area (Å²) in [5.74, 6) is 0. The fourth-order valence-corrected chi connectivity index (χ4v) is 11.7. The zero-order valence-corrected chi connectivity index (χ0v) is 19.6. The van der Waals surface area contributed by atoms with Crippen LogP contribution >= 0.6 is 17.7 Å². The first-order chi connectivity index (χ1) is 14.7. The molecule has 0 unspecified atom stereocenters. The van der Waals surface area contributed by atoms with Crippen LogP contribution in [0.4, 0.5) is 0 Å². The van der Waals surface area contributed by atoms with Crippen LogP contribution in [0.1, 0.15) is 38.5 Å². The number of thiophene rings is 1. The zero-order chi connectivity index (χ0) is 20.6. The van der Waals surface area contributed by atoms with Crippen LogP contribution in [0.5, 0.6) is 0 Å². The van der Waals surface area contributed by atoms with E-state index in [1.807, 2.05) is 18.2 Å². The fraction of sp³-hybridized carbons (Fsp3) is 0.455. The van der Waals surface area contributed by atoms with Gasteiger partial charge in [-0.15, -0.1) is 11.3 Å². The van der Waals surface area contributed by atoms with Gasteiger partial charge in [0.05, 0.1) is 16.3 Å². The molecule has 5 nitrogen and oxygen atoms in total. The van der Waals surface area contributed by atoms with E-state index in [0.717, 1.165) is 42.1 Å². The van der Waals surface area contributed by atoms with Crippen molar-refractivity contribution in [3.8, 4) is 11.1 Å². The molecular formula is C22H27N4OPS2. The summed E-state index contributed by atoms with van der Waals surface area (Å²) < 4.78 is 6.40. The van der Waals surface area contributed by atoms with Gasteiger partial charge in [0, 0.05) is 31.7 Å². The first-order valence-electron chi connectivity index (χ1n) is 10.9. The maximum atomic E-state index is 12.9. The van der Waals surface area contributed by atoms with E-state index in [1.54, 1.807) is 11.3 Å². The van der Waals surface area contributed by atoms with Crippen molar-refractivity contribution in [2.75, 3.05) is 26.2 Å². The molecule has 2 aromatic heterocycles. The minimum atomic E-state index is -2.19. The second kappa shape index (κ2) is 8.64. The van der Waals surface area contributed by atoms with Gasteiger partial charge >= 0.3 is 0 Å². The minimum absolute atomic E-state index is 0.0693. The van der Waals surface area contributed by atoms with E-state index in [0.29, 0.717) is 5.39 Å². The smallest absolute Gasteiger partial charge is 0.260 e. The number of benzene rings is 1. The quantitative estimate of drug-likeness (QED) is 0.581.